The van der Waals surface area contributed by atoms with Crippen LogP contribution in [0.5, 0.6) is 0 Å². The van der Waals surface area contributed by atoms with Crippen molar-refractivity contribution in [3.05, 3.63) is 53.1 Å². The highest BCUT2D eigenvalue weighted by Gasteiger charge is 2.52. The van der Waals surface area contributed by atoms with Crippen molar-refractivity contribution < 1.29 is 43.6 Å². The molecule has 1 aliphatic heterocycles. The summed E-state index contributed by atoms with van der Waals surface area (Å²) >= 11 is 0. The van der Waals surface area contributed by atoms with Gasteiger partial charge in [-0.25, -0.2) is 4.79 Å². The van der Waals surface area contributed by atoms with Crippen molar-refractivity contribution >= 4 is 29.8 Å². The number of hydrogen-bond acceptors (Lipinski definition) is 9. The minimum atomic E-state index is -1.28. The van der Waals surface area contributed by atoms with Gasteiger partial charge in [0.1, 0.15) is 24.4 Å². The Bertz CT molecular complexity index is 1300. The summed E-state index contributed by atoms with van der Waals surface area (Å²) in [7, 11) is 3.26. The third-order valence-electron chi connectivity index (χ3n) is 8.54. The van der Waals surface area contributed by atoms with E-state index in [1.54, 1.807) is 50.5 Å². The maximum atomic E-state index is 13.7. The summed E-state index contributed by atoms with van der Waals surface area (Å²) in [5.41, 5.74) is 0.952. The Labute approximate surface area is 283 Å². The van der Waals surface area contributed by atoms with E-state index in [0.717, 1.165) is 38.5 Å². The molecule has 1 aliphatic carbocycles. The van der Waals surface area contributed by atoms with E-state index in [9.17, 15) is 24.3 Å². The molecule has 48 heavy (non-hydrogen) atoms. The van der Waals surface area contributed by atoms with Crippen LogP contribution in [0.15, 0.2) is 42.0 Å². The Kier molecular flexibility index (Phi) is 15.2. The number of nitrogens with one attached hydrogen (secondary N) is 2. The lowest BCUT2D eigenvalue weighted by Gasteiger charge is -2.31. The van der Waals surface area contributed by atoms with Gasteiger partial charge in [0.15, 0.2) is 5.79 Å². The van der Waals surface area contributed by atoms with Gasteiger partial charge in [-0.3, -0.25) is 14.4 Å². The average molecular weight is 672 g/mol. The molecule has 2 aliphatic rings. The lowest BCUT2D eigenvalue weighted by Crippen LogP contribution is -2.54. The molecule has 3 rings (SSSR count). The Morgan fingerprint density at radius 2 is 1.73 bits per heavy atom. The number of amides is 3. The van der Waals surface area contributed by atoms with Crippen molar-refractivity contribution in [3.8, 4) is 0 Å². The van der Waals surface area contributed by atoms with E-state index in [4.69, 9.17) is 19.3 Å². The molecule has 0 aromatic heterocycles. The molecule has 266 valence electrons. The van der Waals surface area contributed by atoms with Crippen molar-refractivity contribution in [1.29, 1.82) is 0 Å². The smallest absolute Gasteiger partial charge is 0.339 e. The summed E-state index contributed by atoms with van der Waals surface area (Å²) in [5, 5.41) is 24.5. The molecule has 4 N–H and O–H groups in total. The molecule has 1 aromatic rings. The number of likely N-dealkylation sites (N-methyl/N-ethyl adjacent to an activating group) is 1. The van der Waals surface area contributed by atoms with Gasteiger partial charge in [-0.05, 0) is 43.5 Å². The van der Waals surface area contributed by atoms with Gasteiger partial charge in [0.2, 0.25) is 17.7 Å². The molecule has 1 saturated heterocycles. The standard InChI is InChI=1S/C36H53N3O9/c1-6-8-12-18-36(19-13-9-7-2)47-29-23-26(33(43)38-31(24(3)41)34(44)37-20-21-40)22-28(32(29)48-36)46-35(45)27-15-11-10-14-25(27)16-17-30(42)39(4)5/h10-11,14-17,23-24,28-29,31-32,40-41H,6-9,12-13,18-22H2,1-5H3,(H,37,44)(H,38,43)/t24-,28+,29+,31+,32-/m0/s1. The number of esters is 1. The van der Waals surface area contributed by atoms with E-state index in [-0.39, 0.29) is 36.6 Å². The maximum Gasteiger partial charge on any atom is 0.339 e. The van der Waals surface area contributed by atoms with Gasteiger partial charge in [0.05, 0.1) is 18.3 Å². The van der Waals surface area contributed by atoms with E-state index in [2.05, 4.69) is 24.5 Å². The predicted octanol–water partition coefficient (Wildman–Crippen LogP) is 3.26. The molecule has 1 aromatic carbocycles. The normalized spacial score (nSPS) is 21.1. The number of ether oxygens (including phenoxy) is 3. The number of aliphatic hydroxyl groups is 2. The summed E-state index contributed by atoms with van der Waals surface area (Å²) in [5.74, 6) is -3.07. The second-order valence-electron chi connectivity index (χ2n) is 12.7. The van der Waals surface area contributed by atoms with Crippen LogP contribution in [0.2, 0.25) is 0 Å². The van der Waals surface area contributed by atoms with Crippen LogP contribution in [-0.2, 0) is 28.6 Å². The molecule has 0 radical (unpaired) electrons. The Morgan fingerprint density at radius 3 is 2.33 bits per heavy atom. The summed E-state index contributed by atoms with van der Waals surface area (Å²) < 4.78 is 19.4. The molecular formula is C36H53N3O9. The zero-order valence-electron chi connectivity index (χ0n) is 28.9. The second-order valence-corrected chi connectivity index (χ2v) is 12.7. The monoisotopic (exact) mass is 671 g/mol. The summed E-state index contributed by atoms with van der Waals surface area (Å²) in [6.45, 7) is 5.29. The molecular weight excluding hydrogens is 618 g/mol. The lowest BCUT2D eigenvalue weighted by atomic mass is 9.91. The molecule has 3 amide bonds. The van der Waals surface area contributed by atoms with E-state index in [1.165, 1.54) is 17.9 Å². The third kappa shape index (κ3) is 10.7. The van der Waals surface area contributed by atoms with Gasteiger partial charge in [-0.2, -0.15) is 0 Å². The zero-order valence-corrected chi connectivity index (χ0v) is 28.9. The number of carbonyl (C=O) groups excluding carboxylic acids is 4. The van der Waals surface area contributed by atoms with Gasteiger partial charge in [-0.1, -0.05) is 57.7 Å². The number of benzene rings is 1. The highest BCUT2D eigenvalue weighted by atomic mass is 16.8. The summed E-state index contributed by atoms with van der Waals surface area (Å²) in [4.78, 5) is 53.6. The van der Waals surface area contributed by atoms with Crippen LogP contribution >= 0.6 is 0 Å². The first-order valence-electron chi connectivity index (χ1n) is 17.1. The number of nitrogens with zero attached hydrogens (tertiary/aromatic N) is 1. The first-order valence-corrected chi connectivity index (χ1v) is 17.1. The number of fused-ring (bicyclic) bond motifs is 1. The van der Waals surface area contributed by atoms with Gasteiger partial charge in [0.25, 0.3) is 0 Å². The van der Waals surface area contributed by atoms with Crippen molar-refractivity contribution in [3.63, 3.8) is 0 Å². The SMILES string of the molecule is CCCCCC1(CCCCC)O[C@@H]2[C@@H](C=C(C(=O)N[C@@H](C(=O)NCCO)[C@H](C)O)C[C@H]2OC(=O)c2ccccc2C=CC(=O)N(C)C)O1. The van der Waals surface area contributed by atoms with Crippen LogP contribution in [0.4, 0.5) is 0 Å². The van der Waals surface area contributed by atoms with E-state index >= 15 is 0 Å². The Morgan fingerprint density at radius 1 is 1.06 bits per heavy atom. The average Bonchev–Trinajstić information content (AvgIpc) is 3.43. The van der Waals surface area contributed by atoms with Crippen molar-refractivity contribution in [2.24, 2.45) is 0 Å². The topological polar surface area (TPSA) is 164 Å². The van der Waals surface area contributed by atoms with Crippen LogP contribution in [0, 0.1) is 0 Å². The van der Waals surface area contributed by atoms with Crippen molar-refractivity contribution in [2.45, 2.75) is 115 Å². The number of carbonyl (C=O) groups is 4. The number of hydrogen-bond donors (Lipinski definition) is 4. The maximum absolute atomic E-state index is 13.7. The number of rotatable bonds is 18. The Hall–Kier alpha value is -3.58. The molecule has 1 heterocycles. The fraction of sp³-hybridized carbons (Fsp3) is 0.611. The number of unbranched alkanes of at least 4 members (excludes halogenated alkanes) is 4. The van der Waals surface area contributed by atoms with Gasteiger partial charge in [0, 0.05) is 51.6 Å². The number of aliphatic hydroxyl groups excluding tert-OH is 2. The third-order valence-corrected chi connectivity index (χ3v) is 8.54. The highest BCUT2D eigenvalue weighted by Crippen LogP contribution is 2.43. The minimum absolute atomic E-state index is 0.0238. The summed E-state index contributed by atoms with van der Waals surface area (Å²) in [6.07, 6.45) is 8.14. The zero-order chi connectivity index (χ0) is 35.3. The quantitative estimate of drug-likeness (QED) is 0.104. The van der Waals surface area contributed by atoms with Crippen molar-refractivity contribution in [2.75, 3.05) is 27.2 Å². The molecule has 0 saturated carbocycles. The molecule has 12 heteroatoms. The van der Waals surface area contributed by atoms with Crippen LogP contribution in [0.1, 0.15) is 94.5 Å². The van der Waals surface area contributed by atoms with Gasteiger partial charge >= 0.3 is 5.97 Å². The highest BCUT2D eigenvalue weighted by molar-refractivity contribution is 5.98. The van der Waals surface area contributed by atoms with Crippen LogP contribution < -0.4 is 10.6 Å². The largest absolute Gasteiger partial charge is 0.456 e. The first-order chi connectivity index (χ1) is 22.9. The second kappa shape index (κ2) is 18.8. The fourth-order valence-corrected chi connectivity index (χ4v) is 5.87. The molecule has 12 nitrogen and oxygen atoms in total. The molecule has 0 unspecified atom stereocenters. The lowest BCUT2D eigenvalue weighted by molar-refractivity contribution is -0.190. The van der Waals surface area contributed by atoms with E-state index in [1.807, 2.05) is 0 Å². The molecule has 5 atom stereocenters. The Balaban J connectivity index is 1.94. The predicted molar refractivity (Wildman–Crippen MR) is 181 cm³/mol. The minimum Gasteiger partial charge on any atom is -0.456 e. The van der Waals surface area contributed by atoms with Gasteiger partial charge < -0.3 is 40.0 Å². The van der Waals surface area contributed by atoms with Gasteiger partial charge in [-0.15, -0.1) is 0 Å². The summed E-state index contributed by atoms with van der Waals surface area (Å²) in [6, 6.07) is 5.48. The van der Waals surface area contributed by atoms with E-state index in [0.29, 0.717) is 18.4 Å². The van der Waals surface area contributed by atoms with Crippen LogP contribution in [0.25, 0.3) is 6.08 Å². The van der Waals surface area contributed by atoms with E-state index < -0.39 is 54.0 Å². The molecule has 0 spiro atoms. The molecule has 0 bridgehead atoms. The van der Waals surface area contributed by atoms with Crippen molar-refractivity contribution in [1.82, 2.24) is 15.5 Å². The molecule has 1 fully saturated rings. The fourth-order valence-electron chi connectivity index (χ4n) is 5.87. The van der Waals surface area contributed by atoms with Crippen LogP contribution in [0.3, 0.4) is 0 Å². The first kappa shape index (κ1) is 38.9. The van der Waals surface area contributed by atoms with Crippen LogP contribution in [-0.4, -0.2) is 102 Å².